The number of hydrogen-bond donors (Lipinski definition) is 7. The van der Waals surface area contributed by atoms with Crippen LogP contribution in [0.15, 0.2) is 11.6 Å². The van der Waals surface area contributed by atoms with Gasteiger partial charge < -0.3 is 36.2 Å². The van der Waals surface area contributed by atoms with E-state index in [1.807, 2.05) is 0 Å². The third-order valence-electron chi connectivity index (χ3n) is 10.5. The molecule has 0 saturated carbocycles. The normalized spacial score (nSPS) is 20.7. The standard InChI is InChI=1S/C41H80N2O6/c1-3-5-7-9-11-13-15-17-19-21-23-25-27-29-37(45)36(32-42-35-31-34(33-44)39(47)41(49)40(35)48)43-38(46)30-28-26-24-22-20-18-16-14-12-10-8-6-4-2/h31,35-37,39-42,44-45,47-49H,3-30,32-33H2,1-2H3,(H,43,46)/t35?,36-,37?,39+,40-,41?/m0/s1. The molecule has 0 radical (unpaired) electrons. The Morgan fingerprint density at radius 3 is 1.47 bits per heavy atom. The zero-order valence-electron chi connectivity index (χ0n) is 31.9. The van der Waals surface area contributed by atoms with Crippen LogP contribution in [-0.4, -0.2) is 81.1 Å². The number of aliphatic hydroxyl groups is 5. The Balaban J connectivity index is 2.40. The summed E-state index contributed by atoms with van der Waals surface area (Å²) in [6.45, 7) is 4.29. The van der Waals surface area contributed by atoms with Crippen molar-refractivity contribution in [3.8, 4) is 0 Å². The highest BCUT2D eigenvalue weighted by atomic mass is 16.4. The minimum absolute atomic E-state index is 0.0782. The van der Waals surface area contributed by atoms with Gasteiger partial charge in [-0.15, -0.1) is 0 Å². The van der Waals surface area contributed by atoms with Gasteiger partial charge in [0.05, 0.1) is 24.8 Å². The van der Waals surface area contributed by atoms with Crippen LogP contribution in [0.1, 0.15) is 194 Å². The topological polar surface area (TPSA) is 142 Å². The number of carbonyl (C=O) groups excluding carboxylic acids is 1. The molecule has 7 N–H and O–H groups in total. The number of carbonyl (C=O) groups is 1. The molecule has 0 spiro atoms. The van der Waals surface area contributed by atoms with Gasteiger partial charge in [-0.3, -0.25) is 4.79 Å². The lowest BCUT2D eigenvalue weighted by Gasteiger charge is -2.36. The van der Waals surface area contributed by atoms with E-state index >= 15 is 0 Å². The summed E-state index contributed by atoms with van der Waals surface area (Å²) >= 11 is 0. The fourth-order valence-electron chi connectivity index (χ4n) is 7.07. The lowest BCUT2D eigenvalue weighted by atomic mass is 9.88. The summed E-state index contributed by atoms with van der Waals surface area (Å²) in [4.78, 5) is 12.9. The Morgan fingerprint density at radius 2 is 1.04 bits per heavy atom. The van der Waals surface area contributed by atoms with Gasteiger partial charge in [-0.1, -0.05) is 180 Å². The van der Waals surface area contributed by atoms with Crippen LogP contribution in [0.5, 0.6) is 0 Å². The van der Waals surface area contributed by atoms with E-state index in [4.69, 9.17) is 0 Å². The Labute approximate surface area is 301 Å². The van der Waals surface area contributed by atoms with Gasteiger partial charge in [0.2, 0.25) is 5.91 Å². The van der Waals surface area contributed by atoms with Crippen LogP contribution in [0.4, 0.5) is 0 Å². The van der Waals surface area contributed by atoms with Crippen LogP contribution in [0.3, 0.4) is 0 Å². The molecule has 1 rings (SSSR count). The minimum Gasteiger partial charge on any atom is -0.392 e. The summed E-state index contributed by atoms with van der Waals surface area (Å²) in [5, 5.41) is 57.8. The molecule has 3 unspecified atom stereocenters. The average molecular weight is 697 g/mol. The van der Waals surface area contributed by atoms with Crippen LogP contribution in [0.2, 0.25) is 0 Å². The zero-order valence-corrected chi connectivity index (χ0v) is 31.9. The molecule has 0 aliphatic heterocycles. The highest BCUT2D eigenvalue weighted by Crippen LogP contribution is 2.21. The molecule has 0 fully saturated rings. The largest absolute Gasteiger partial charge is 0.392 e. The van der Waals surface area contributed by atoms with Gasteiger partial charge in [-0.05, 0) is 18.4 Å². The van der Waals surface area contributed by atoms with Crippen molar-refractivity contribution < 1.29 is 30.3 Å². The second kappa shape index (κ2) is 31.7. The maximum absolute atomic E-state index is 12.9. The van der Waals surface area contributed by atoms with E-state index in [0.717, 1.165) is 38.5 Å². The van der Waals surface area contributed by atoms with Gasteiger partial charge in [0.25, 0.3) is 0 Å². The quantitative estimate of drug-likeness (QED) is 0.0269. The molecule has 1 amide bonds. The second-order valence-corrected chi connectivity index (χ2v) is 15.0. The van der Waals surface area contributed by atoms with Crippen molar-refractivity contribution in [2.75, 3.05) is 13.2 Å². The number of unbranched alkanes of at least 4 members (excludes halogenated alkanes) is 24. The van der Waals surface area contributed by atoms with Crippen LogP contribution < -0.4 is 10.6 Å². The Morgan fingerprint density at radius 1 is 0.633 bits per heavy atom. The molecule has 8 nitrogen and oxygen atoms in total. The maximum Gasteiger partial charge on any atom is 0.220 e. The summed E-state index contributed by atoms with van der Waals surface area (Å²) < 4.78 is 0. The van der Waals surface area contributed by atoms with Crippen molar-refractivity contribution in [2.24, 2.45) is 0 Å². The molecular formula is C41H80N2O6. The molecule has 0 heterocycles. The molecule has 0 aromatic carbocycles. The SMILES string of the molecule is CCCCCCCCCCCCCCCC(=O)N[C@@H](CNC1C=C(CO)[C@@H](O)C(O)[C@H]1O)C(O)CCCCCCCCCCCCCCC. The van der Waals surface area contributed by atoms with Crippen molar-refractivity contribution in [3.05, 3.63) is 11.6 Å². The van der Waals surface area contributed by atoms with Gasteiger partial charge >= 0.3 is 0 Å². The Bertz CT molecular complexity index is 796. The highest BCUT2D eigenvalue weighted by Gasteiger charge is 2.37. The third kappa shape index (κ3) is 23.2. The van der Waals surface area contributed by atoms with Gasteiger partial charge in [-0.25, -0.2) is 0 Å². The van der Waals surface area contributed by atoms with E-state index in [1.165, 1.54) is 134 Å². The number of nitrogens with one attached hydrogen (secondary N) is 2. The molecular weight excluding hydrogens is 616 g/mol. The zero-order chi connectivity index (χ0) is 36.0. The van der Waals surface area contributed by atoms with E-state index in [-0.39, 0.29) is 18.0 Å². The highest BCUT2D eigenvalue weighted by molar-refractivity contribution is 5.76. The van der Waals surface area contributed by atoms with E-state index in [0.29, 0.717) is 12.8 Å². The smallest absolute Gasteiger partial charge is 0.220 e. The predicted molar refractivity (Wildman–Crippen MR) is 204 cm³/mol. The molecule has 0 bridgehead atoms. The summed E-state index contributed by atoms with van der Waals surface area (Å²) in [5.74, 6) is -0.0782. The third-order valence-corrected chi connectivity index (χ3v) is 10.5. The van der Waals surface area contributed by atoms with Crippen molar-refractivity contribution in [3.63, 3.8) is 0 Å². The van der Waals surface area contributed by atoms with Crippen LogP contribution in [-0.2, 0) is 4.79 Å². The number of amides is 1. The van der Waals surface area contributed by atoms with Gasteiger partial charge in [0.15, 0.2) is 0 Å². The van der Waals surface area contributed by atoms with Crippen molar-refractivity contribution >= 4 is 5.91 Å². The molecule has 0 aromatic heterocycles. The first-order chi connectivity index (χ1) is 23.8. The first-order valence-corrected chi connectivity index (χ1v) is 20.9. The lowest BCUT2D eigenvalue weighted by Crippen LogP contribution is -2.57. The molecule has 290 valence electrons. The van der Waals surface area contributed by atoms with E-state index in [1.54, 1.807) is 0 Å². The number of aliphatic hydroxyl groups excluding tert-OH is 5. The first kappa shape index (κ1) is 46.0. The second-order valence-electron chi connectivity index (χ2n) is 15.0. The van der Waals surface area contributed by atoms with Crippen molar-refractivity contribution in [1.82, 2.24) is 10.6 Å². The van der Waals surface area contributed by atoms with E-state index in [9.17, 15) is 30.3 Å². The number of rotatable bonds is 34. The predicted octanol–water partition coefficient (Wildman–Crippen LogP) is 7.77. The average Bonchev–Trinajstić information content (AvgIpc) is 3.10. The van der Waals surface area contributed by atoms with Crippen molar-refractivity contribution in [1.29, 1.82) is 0 Å². The first-order valence-electron chi connectivity index (χ1n) is 20.9. The maximum atomic E-state index is 12.9. The monoisotopic (exact) mass is 697 g/mol. The Hall–Kier alpha value is -1.03. The fourth-order valence-corrected chi connectivity index (χ4v) is 7.07. The fraction of sp³-hybridized carbons (Fsp3) is 0.927. The van der Waals surface area contributed by atoms with Gasteiger partial charge in [0, 0.05) is 13.0 Å². The van der Waals surface area contributed by atoms with E-state index < -0.39 is 43.1 Å². The molecule has 6 atom stereocenters. The number of hydrogen-bond acceptors (Lipinski definition) is 7. The van der Waals surface area contributed by atoms with Crippen molar-refractivity contribution in [2.45, 2.75) is 230 Å². The van der Waals surface area contributed by atoms with Crippen LogP contribution in [0.25, 0.3) is 0 Å². The van der Waals surface area contributed by atoms with Gasteiger partial charge in [-0.2, -0.15) is 0 Å². The molecule has 8 heteroatoms. The Kier molecular flexibility index (Phi) is 29.7. The molecule has 0 saturated heterocycles. The summed E-state index contributed by atoms with van der Waals surface area (Å²) in [5.41, 5.74) is 0.241. The van der Waals surface area contributed by atoms with E-state index in [2.05, 4.69) is 24.5 Å². The molecule has 1 aliphatic carbocycles. The van der Waals surface area contributed by atoms with Crippen LogP contribution >= 0.6 is 0 Å². The minimum atomic E-state index is -1.43. The van der Waals surface area contributed by atoms with Crippen LogP contribution in [0, 0.1) is 0 Å². The summed E-state index contributed by atoms with van der Waals surface area (Å²) in [7, 11) is 0. The van der Waals surface area contributed by atoms with Gasteiger partial charge in [0.1, 0.15) is 18.3 Å². The molecule has 49 heavy (non-hydrogen) atoms. The molecule has 1 aliphatic rings. The molecule has 0 aromatic rings. The summed E-state index contributed by atoms with van der Waals surface area (Å²) in [6, 6.07) is -1.27. The lowest BCUT2D eigenvalue weighted by molar-refractivity contribution is -0.122. The summed E-state index contributed by atoms with van der Waals surface area (Å²) in [6.07, 6.45) is 30.4.